The Morgan fingerprint density at radius 2 is 1.36 bits per heavy atom. The van der Waals surface area contributed by atoms with Crippen molar-refractivity contribution in [2.45, 2.75) is 0 Å². The molecule has 0 amide bonds. The fraction of sp³-hybridized carbons (Fsp3) is 0.429. The average Bonchev–Trinajstić information content (AvgIpc) is 2.01. The molecular formula is C7H14O6S. The SMILES string of the molecule is C=CCOCOCC=C.O=S(=O)(O)O. The van der Waals surface area contributed by atoms with Crippen molar-refractivity contribution in [2.75, 3.05) is 20.0 Å². The molecule has 0 bridgehead atoms. The molecule has 0 radical (unpaired) electrons. The zero-order valence-electron chi connectivity index (χ0n) is 7.63. The van der Waals surface area contributed by atoms with Gasteiger partial charge in [-0.05, 0) is 0 Å². The minimum atomic E-state index is -4.67. The first kappa shape index (κ1) is 15.7. The zero-order chi connectivity index (χ0) is 11.4. The molecule has 0 saturated heterocycles. The Bertz CT molecular complexity index is 215. The summed E-state index contributed by atoms with van der Waals surface area (Å²) in [5.41, 5.74) is 0. The van der Waals surface area contributed by atoms with Crippen LogP contribution < -0.4 is 0 Å². The highest BCUT2D eigenvalue weighted by atomic mass is 32.3. The number of rotatable bonds is 6. The Kier molecular flexibility index (Phi) is 11.6. The summed E-state index contributed by atoms with van der Waals surface area (Å²) >= 11 is 0. The van der Waals surface area contributed by atoms with Crippen LogP contribution in [0.4, 0.5) is 0 Å². The van der Waals surface area contributed by atoms with E-state index in [2.05, 4.69) is 13.2 Å². The van der Waals surface area contributed by atoms with Crippen LogP contribution in [-0.4, -0.2) is 37.5 Å². The second kappa shape index (κ2) is 10.4. The lowest BCUT2D eigenvalue weighted by atomic mass is 10.7. The first-order valence-electron chi connectivity index (χ1n) is 3.49. The van der Waals surface area contributed by atoms with Gasteiger partial charge in [0.05, 0.1) is 13.2 Å². The molecule has 0 aliphatic rings. The lowest BCUT2D eigenvalue weighted by Crippen LogP contribution is -1.98. The zero-order valence-corrected chi connectivity index (χ0v) is 8.44. The average molecular weight is 226 g/mol. The minimum absolute atomic E-state index is 0.317. The summed E-state index contributed by atoms with van der Waals surface area (Å²) in [5, 5.41) is 0. The Balaban J connectivity index is 0. The van der Waals surface area contributed by atoms with Crippen molar-refractivity contribution in [3.05, 3.63) is 25.3 Å². The third-order valence-electron chi connectivity index (χ3n) is 0.638. The van der Waals surface area contributed by atoms with Crippen LogP contribution in [0.1, 0.15) is 0 Å². The molecule has 0 atom stereocenters. The summed E-state index contributed by atoms with van der Waals surface area (Å²) in [6, 6.07) is 0. The highest BCUT2D eigenvalue weighted by Gasteiger charge is 1.84. The predicted molar refractivity (Wildman–Crippen MR) is 51.3 cm³/mol. The van der Waals surface area contributed by atoms with E-state index in [0.717, 1.165) is 0 Å². The molecule has 14 heavy (non-hydrogen) atoms. The van der Waals surface area contributed by atoms with Crippen molar-refractivity contribution in [3.63, 3.8) is 0 Å². The Morgan fingerprint density at radius 3 is 1.57 bits per heavy atom. The quantitative estimate of drug-likeness (QED) is 0.299. The molecule has 0 spiro atoms. The van der Waals surface area contributed by atoms with Gasteiger partial charge in [-0.25, -0.2) is 0 Å². The first-order chi connectivity index (χ1) is 6.41. The third-order valence-corrected chi connectivity index (χ3v) is 0.638. The van der Waals surface area contributed by atoms with Gasteiger partial charge in [-0.15, -0.1) is 13.2 Å². The number of ether oxygens (including phenoxy) is 2. The Labute approximate surface area is 83.4 Å². The Hall–Kier alpha value is -0.730. The van der Waals surface area contributed by atoms with E-state index in [1.54, 1.807) is 12.2 Å². The van der Waals surface area contributed by atoms with Crippen LogP contribution in [0.15, 0.2) is 25.3 Å². The van der Waals surface area contributed by atoms with Crippen LogP contribution in [0.2, 0.25) is 0 Å². The maximum absolute atomic E-state index is 8.74. The van der Waals surface area contributed by atoms with Gasteiger partial charge in [0, 0.05) is 0 Å². The van der Waals surface area contributed by atoms with Gasteiger partial charge in [0.1, 0.15) is 6.79 Å². The number of hydrogen-bond donors (Lipinski definition) is 2. The smallest absolute Gasteiger partial charge is 0.351 e. The van der Waals surface area contributed by atoms with Gasteiger partial charge >= 0.3 is 10.4 Å². The standard InChI is InChI=1S/C7H12O2.H2O4S/c1-3-5-8-7-9-6-4-2;1-5(2,3)4/h3-4H,1-2,5-7H2;(H2,1,2,3,4). The summed E-state index contributed by atoms with van der Waals surface area (Å²) in [6.07, 6.45) is 3.36. The lowest BCUT2D eigenvalue weighted by Gasteiger charge is -1.98. The van der Waals surface area contributed by atoms with Gasteiger partial charge in [0.2, 0.25) is 0 Å². The van der Waals surface area contributed by atoms with E-state index >= 15 is 0 Å². The number of hydrogen-bond acceptors (Lipinski definition) is 4. The van der Waals surface area contributed by atoms with E-state index in [1.165, 1.54) is 0 Å². The molecular weight excluding hydrogens is 212 g/mol. The van der Waals surface area contributed by atoms with Crippen LogP contribution in [0.3, 0.4) is 0 Å². The topological polar surface area (TPSA) is 93.1 Å². The molecule has 0 aliphatic heterocycles. The molecule has 0 rings (SSSR count). The van der Waals surface area contributed by atoms with Crippen molar-refractivity contribution in [1.82, 2.24) is 0 Å². The molecule has 0 heterocycles. The molecule has 6 nitrogen and oxygen atoms in total. The summed E-state index contributed by atoms with van der Waals surface area (Å²) in [7, 11) is -4.67. The predicted octanol–water partition coefficient (Wildman–Crippen LogP) is 0.696. The lowest BCUT2D eigenvalue weighted by molar-refractivity contribution is -0.0330. The Morgan fingerprint density at radius 1 is 1.07 bits per heavy atom. The fourth-order valence-electron chi connectivity index (χ4n) is 0.322. The van der Waals surface area contributed by atoms with Crippen LogP contribution in [0, 0.1) is 0 Å². The van der Waals surface area contributed by atoms with Gasteiger partial charge in [-0.2, -0.15) is 8.42 Å². The normalized spacial score (nSPS) is 9.86. The summed E-state index contributed by atoms with van der Waals surface area (Å²) in [5.74, 6) is 0. The van der Waals surface area contributed by atoms with E-state index in [-0.39, 0.29) is 0 Å². The molecule has 0 saturated carbocycles. The second-order valence-corrected chi connectivity index (χ2v) is 2.78. The molecule has 0 fully saturated rings. The molecule has 84 valence electrons. The second-order valence-electron chi connectivity index (χ2n) is 1.88. The van der Waals surface area contributed by atoms with Crippen molar-refractivity contribution < 1.29 is 27.0 Å². The highest BCUT2D eigenvalue weighted by Crippen LogP contribution is 1.78. The molecule has 0 aromatic carbocycles. The van der Waals surface area contributed by atoms with Gasteiger partial charge in [0.15, 0.2) is 0 Å². The fourth-order valence-corrected chi connectivity index (χ4v) is 0.322. The first-order valence-corrected chi connectivity index (χ1v) is 4.88. The molecule has 0 aromatic heterocycles. The van der Waals surface area contributed by atoms with Crippen LogP contribution in [0.25, 0.3) is 0 Å². The molecule has 0 unspecified atom stereocenters. The van der Waals surface area contributed by atoms with Crippen molar-refractivity contribution >= 4 is 10.4 Å². The van der Waals surface area contributed by atoms with Crippen molar-refractivity contribution in [1.29, 1.82) is 0 Å². The van der Waals surface area contributed by atoms with Gasteiger partial charge in [-0.1, -0.05) is 12.2 Å². The van der Waals surface area contributed by atoms with Gasteiger partial charge < -0.3 is 9.47 Å². The monoisotopic (exact) mass is 226 g/mol. The van der Waals surface area contributed by atoms with E-state index < -0.39 is 10.4 Å². The molecule has 0 aliphatic carbocycles. The summed E-state index contributed by atoms with van der Waals surface area (Å²) in [6.45, 7) is 8.35. The van der Waals surface area contributed by atoms with Crippen LogP contribution in [-0.2, 0) is 19.9 Å². The van der Waals surface area contributed by atoms with Crippen LogP contribution in [0.5, 0.6) is 0 Å². The van der Waals surface area contributed by atoms with Crippen molar-refractivity contribution in [2.24, 2.45) is 0 Å². The van der Waals surface area contributed by atoms with E-state index in [0.29, 0.717) is 20.0 Å². The van der Waals surface area contributed by atoms with Gasteiger partial charge in [0.25, 0.3) is 0 Å². The van der Waals surface area contributed by atoms with Crippen molar-refractivity contribution in [3.8, 4) is 0 Å². The summed E-state index contributed by atoms with van der Waals surface area (Å²) in [4.78, 5) is 0. The summed E-state index contributed by atoms with van der Waals surface area (Å²) < 4.78 is 41.4. The third kappa shape index (κ3) is 42.8. The van der Waals surface area contributed by atoms with Gasteiger partial charge in [-0.3, -0.25) is 9.11 Å². The van der Waals surface area contributed by atoms with E-state index in [1.807, 2.05) is 0 Å². The minimum Gasteiger partial charge on any atom is -0.351 e. The molecule has 2 N–H and O–H groups in total. The molecule has 7 heteroatoms. The van der Waals surface area contributed by atoms with E-state index in [9.17, 15) is 0 Å². The highest BCUT2D eigenvalue weighted by molar-refractivity contribution is 7.79. The maximum Gasteiger partial charge on any atom is 0.394 e. The molecule has 0 aromatic rings. The maximum atomic E-state index is 8.74. The van der Waals surface area contributed by atoms with Crippen LogP contribution >= 0.6 is 0 Å². The van der Waals surface area contributed by atoms with E-state index in [4.69, 9.17) is 27.0 Å². The largest absolute Gasteiger partial charge is 0.394 e.